The molecule has 0 heterocycles. The van der Waals surface area contributed by atoms with Crippen molar-refractivity contribution < 1.29 is 42.9 Å². The summed E-state index contributed by atoms with van der Waals surface area (Å²) < 4.78 is 23.1. The smallest absolute Gasteiger partial charge is 0.361 e. The van der Waals surface area contributed by atoms with Crippen LogP contribution >= 0.6 is 0 Å². The zero-order chi connectivity index (χ0) is 71.8. The van der Waals surface area contributed by atoms with Gasteiger partial charge in [-0.1, -0.05) is 450 Å². The maximum Gasteiger partial charge on any atom is 0.361 e. The van der Waals surface area contributed by atoms with Crippen molar-refractivity contribution in [2.75, 3.05) is 47.5 Å². The number of allylic oxidation sites excluding steroid dienone is 2. The van der Waals surface area contributed by atoms with Crippen LogP contribution in [0.15, 0.2) is 12.2 Å². The maximum absolute atomic E-state index is 13.0. The Bertz CT molecular complexity index is 1630. The summed E-state index contributed by atoms with van der Waals surface area (Å²) in [5.41, 5.74) is 0. The van der Waals surface area contributed by atoms with Crippen LogP contribution in [0.3, 0.4) is 0 Å². The Hall–Kier alpha value is -1.97. The molecule has 0 aliphatic carbocycles. The highest BCUT2D eigenvalue weighted by molar-refractivity contribution is 5.71. The van der Waals surface area contributed by atoms with E-state index in [1.54, 1.807) is 0 Å². The molecule has 0 aromatic heterocycles. The summed E-state index contributed by atoms with van der Waals surface area (Å²) >= 11 is 0. The molecule has 0 saturated carbocycles. The third kappa shape index (κ3) is 83.2. The van der Waals surface area contributed by atoms with Crippen molar-refractivity contribution in [1.82, 2.24) is 0 Å². The predicted octanol–water partition coefficient (Wildman–Crippen LogP) is 29.1. The number of carboxylic acids is 1. The molecule has 0 fully saturated rings. The fourth-order valence-corrected chi connectivity index (χ4v) is 14.2. The molecule has 99 heavy (non-hydrogen) atoms. The summed E-state index contributed by atoms with van der Waals surface area (Å²) in [6, 6.07) is 0. The molecule has 0 bridgehead atoms. The minimum Gasteiger partial charge on any atom is -0.477 e. The van der Waals surface area contributed by atoms with E-state index >= 15 is 0 Å². The lowest BCUT2D eigenvalue weighted by molar-refractivity contribution is -0.870. The highest BCUT2D eigenvalue weighted by atomic mass is 16.7. The number of nitrogens with zero attached hydrogens (tertiary/aromatic N) is 1. The molecular weight excluding hydrogens is 1220 g/mol. The van der Waals surface area contributed by atoms with Crippen LogP contribution in [0.5, 0.6) is 0 Å². The Kier molecular flexibility index (Phi) is 80.1. The van der Waals surface area contributed by atoms with E-state index in [0.29, 0.717) is 17.4 Å². The van der Waals surface area contributed by atoms with Gasteiger partial charge in [0.2, 0.25) is 0 Å². The fraction of sp³-hybridized carbons (Fsp3) is 0.944. The van der Waals surface area contributed by atoms with Crippen molar-refractivity contribution in [3.63, 3.8) is 0 Å². The number of aliphatic carboxylic acids is 1. The first kappa shape index (κ1) is 97.0. The first-order chi connectivity index (χ1) is 48.6. The zero-order valence-electron chi connectivity index (χ0n) is 67.7. The van der Waals surface area contributed by atoms with Crippen LogP contribution in [0, 0.1) is 0 Å². The number of carbonyl (C=O) groups is 3. The molecule has 1 N–H and O–H groups in total. The Morgan fingerprint density at radius 2 is 0.515 bits per heavy atom. The number of ether oxygens (including phenoxy) is 4. The van der Waals surface area contributed by atoms with E-state index in [1.807, 2.05) is 21.1 Å². The van der Waals surface area contributed by atoms with Gasteiger partial charge in [0.25, 0.3) is 6.29 Å². The van der Waals surface area contributed by atoms with Crippen molar-refractivity contribution >= 4 is 17.9 Å². The summed E-state index contributed by atoms with van der Waals surface area (Å²) in [6.45, 7) is 4.98. The molecular formula is C90H176NO8+. The Labute approximate surface area is 618 Å². The van der Waals surface area contributed by atoms with Crippen LogP contribution in [0.4, 0.5) is 0 Å². The standard InChI is InChI=1S/C90H175NO8/c1-6-8-10-12-14-16-18-20-22-24-26-28-30-32-34-36-38-40-42-44-46-48-50-52-54-56-58-60-62-64-66-68-70-72-74-76-78-80-87(92)97-84-86(85-98-90(89(94)95)96-83-82-91(3,4)5)99-88(93)81-79-77-75-73-71-69-67-65-63-61-59-57-55-53-51-49-47-45-43-41-39-37-35-33-31-29-27-25-23-21-19-17-15-13-11-9-7-2/h25,27,86,90H,6-24,26,28-85H2,1-5H3/p+1/b27-25-. The number of unbranched alkanes of at least 4 members (excludes halogenated alkanes) is 69. The number of likely N-dealkylation sites (N-methyl/N-ethyl adjacent to an activating group) is 1. The van der Waals surface area contributed by atoms with Gasteiger partial charge in [0.15, 0.2) is 6.10 Å². The van der Waals surface area contributed by atoms with Crippen molar-refractivity contribution in [2.45, 2.75) is 501 Å². The number of hydrogen-bond acceptors (Lipinski definition) is 7. The van der Waals surface area contributed by atoms with E-state index in [4.69, 9.17) is 18.9 Å². The third-order valence-corrected chi connectivity index (χ3v) is 21.0. The highest BCUT2D eigenvalue weighted by Crippen LogP contribution is 2.22. The monoisotopic (exact) mass is 1400 g/mol. The molecule has 0 aromatic carbocycles. The molecule has 0 aliphatic rings. The van der Waals surface area contributed by atoms with Crippen LogP contribution < -0.4 is 0 Å². The molecule has 0 aliphatic heterocycles. The number of quaternary nitrogens is 1. The lowest BCUT2D eigenvalue weighted by atomic mass is 10.0. The predicted molar refractivity (Wildman–Crippen MR) is 429 cm³/mol. The number of carbonyl (C=O) groups excluding carboxylic acids is 2. The summed E-state index contributed by atoms with van der Waals surface area (Å²) in [5, 5.41) is 9.79. The second-order valence-electron chi connectivity index (χ2n) is 32.3. The van der Waals surface area contributed by atoms with E-state index < -0.39 is 18.4 Å². The molecule has 0 spiro atoms. The first-order valence-electron chi connectivity index (χ1n) is 44.9. The molecule has 0 amide bonds. The molecule has 9 heteroatoms. The molecule has 588 valence electrons. The minimum atomic E-state index is -1.51. The molecule has 2 atom stereocenters. The lowest BCUT2D eigenvalue weighted by Crippen LogP contribution is -2.40. The van der Waals surface area contributed by atoms with E-state index in [9.17, 15) is 19.5 Å². The van der Waals surface area contributed by atoms with Crippen LogP contribution in [0.25, 0.3) is 0 Å². The van der Waals surface area contributed by atoms with E-state index in [-0.39, 0.29) is 38.2 Å². The average Bonchev–Trinajstić information content (AvgIpc) is 2.19. The van der Waals surface area contributed by atoms with Crippen LogP contribution in [0.2, 0.25) is 0 Å². The van der Waals surface area contributed by atoms with Gasteiger partial charge < -0.3 is 28.5 Å². The van der Waals surface area contributed by atoms with Gasteiger partial charge in [-0.05, 0) is 38.5 Å². The number of rotatable bonds is 86. The second kappa shape index (κ2) is 81.7. The normalized spacial score (nSPS) is 12.5. The van der Waals surface area contributed by atoms with Gasteiger partial charge in [-0.3, -0.25) is 9.59 Å². The number of carboxylic acid groups (broad SMARTS) is 1. The van der Waals surface area contributed by atoms with E-state index in [2.05, 4.69) is 26.0 Å². The quantitative estimate of drug-likeness (QED) is 0.0211. The molecule has 9 nitrogen and oxygen atoms in total. The van der Waals surface area contributed by atoms with Crippen LogP contribution in [-0.4, -0.2) is 87.4 Å². The summed E-state index contributed by atoms with van der Waals surface area (Å²) in [6.07, 6.45) is 101. The molecule has 0 aromatic rings. The molecule has 0 radical (unpaired) electrons. The molecule has 0 saturated heterocycles. The summed E-state index contributed by atoms with van der Waals surface area (Å²) in [7, 11) is 6.01. The summed E-state index contributed by atoms with van der Waals surface area (Å²) in [5.74, 6) is -1.96. The minimum absolute atomic E-state index is 0.172. The molecule has 2 unspecified atom stereocenters. The van der Waals surface area contributed by atoms with Gasteiger partial charge in [-0.15, -0.1) is 0 Å². The number of hydrogen-bond donors (Lipinski definition) is 1. The van der Waals surface area contributed by atoms with Crippen molar-refractivity contribution in [3.05, 3.63) is 12.2 Å². The zero-order valence-corrected chi connectivity index (χ0v) is 67.7. The largest absolute Gasteiger partial charge is 0.477 e. The van der Waals surface area contributed by atoms with Gasteiger partial charge >= 0.3 is 17.9 Å². The number of esters is 2. The Morgan fingerprint density at radius 1 is 0.293 bits per heavy atom. The fourth-order valence-electron chi connectivity index (χ4n) is 14.2. The average molecular weight is 1400 g/mol. The third-order valence-electron chi connectivity index (χ3n) is 21.0. The second-order valence-corrected chi connectivity index (χ2v) is 32.3. The van der Waals surface area contributed by atoms with Gasteiger partial charge in [-0.2, -0.15) is 0 Å². The summed E-state index contributed by atoms with van der Waals surface area (Å²) in [4.78, 5) is 37.8. The topological polar surface area (TPSA) is 108 Å². The van der Waals surface area contributed by atoms with E-state index in [0.717, 1.165) is 38.5 Å². The van der Waals surface area contributed by atoms with Gasteiger partial charge in [0, 0.05) is 12.8 Å². The highest BCUT2D eigenvalue weighted by Gasteiger charge is 2.25. The Morgan fingerprint density at radius 3 is 0.747 bits per heavy atom. The first-order valence-corrected chi connectivity index (χ1v) is 44.9. The SMILES string of the molecule is CCCCCCCCCC/C=C\CCCCCCCCCCCCCCCCCCCCCCCCCCCC(=O)OC(COC(=O)CCCCCCCCCCCCCCCCCCCCCCCCCCCCCCCCCCCCCCC)COC(OCC[N+](C)(C)C)C(=O)O. The van der Waals surface area contributed by atoms with Gasteiger partial charge in [0.05, 0.1) is 34.4 Å². The van der Waals surface area contributed by atoms with E-state index in [1.165, 1.54) is 424 Å². The van der Waals surface area contributed by atoms with Gasteiger partial charge in [-0.25, -0.2) is 4.79 Å². The maximum atomic E-state index is 13.0. The van der Waals surface area contributed by atoms with Crippen LogP contribution in [-0.2, 0) is 33.3 Å². The molecule has 0 rings (SSSR count). The van der Waals surface area contributed by atoms with Gasteiger partial charge in [0.1, 0.15) is 13.2 Å². The van der Waals surface area contributed by atoms with Crippen molar-refractivity contribution in [1.29, 1.82) is 0 Å². The van der Waals surface area contributed by atoms with Crippen molar-refractivity contribution in [3.8, 4) is 0 Å². The van der Waals surface area contributed by atoms with Crippen molar-refractivity contribution in [2.24, 2.45) is 0 Å². The lowest BCUT2D eigenvalue weighted by Gasteiger charge is -2.25. The Balaban J connectivity index is 3.88. The van der Waals surface area contributed by atoms with Crippen LogP contribution in [0.1, 0.15) is 489 Å².